The molecule has 6 nitrogen and oxygen atoms in total. The van der Waals surface area contributed by atoms with Crippen LogP contribution < -0.4 is 4.90 Å². The van der Waals surface area contributed by atoms with Crippen molar-refractivity contribution in [1.82, 2.24) is 9.88 Å². The molecule has 0 aliphatic carbocycles. The average Bonchev–Trinajstić information content (AvgIpc) is 3.25. The molecule has 1 saturated heterocycles. The second-order valence-corrected chi connectivity index (χ2v) is 8.75. The number of carbonyl (C=O) groups is 1. The number of aryl methyl sites for hydroxylation is 3. The minimum atomic E-state index is -0.0876. The molecule has 0 unspecified atom stereocenters. The first-order valence-electron chi connectivity index (χ1n) is 9.68. The summed E-state index contributed by atoms with van der Waals surface area (Å²) in [5.74, 6) is 1.27. The first-order valence-corrected chi connectivity index (χ1v) is 10.9. The summed E-state index contributed by atoms with van der Waals surface area (Å²) in [5, 5.41) is 1.36. The van der Waals surface area contributed by atoms with Crippen molar-refractivity contribution >= 4 is 56.6 Å². The molecular weight excluding hydrogens is 445 g/mol. The van der Waals surface area contributed by atoms with E-state index in [1.165, 1.54) is 11.3 Å². The summed E-state index contributed by atoms with van der Waals surface area (Å²) in [6.45, 7) is 10.2. The first kappa shape index (κ1) is 23.0. The van der Waals surface area contributed by atoms with Crippen molar-refractivity contribution in [3.8, 4) is 0 Å². The highest BCUT2D eigenvalue weighted by molar-refractivity contribution is 7.22. The zero-order valence-corrected chi connectivity index (χ0v) is 19.6. The molecule has 2 aromatic heterocycles. The Labute approximate surface area is 191 Å². The Hall–Kier alpha value is -1.64. The Morgan fingerprint density at radius 1 is 1.23 bits per heavy atom. The lowest BCUT2D eigenvalue weighted by Crippen LogP contribution is -2.43. The summed E-state index contributed by atoms with van der Waals surface area (Å²) >= 11 is 7.72. The number of amides is 1. The lowest BCUT2D eigenvalue weighted by atomic mass is 10.2. The van der Waals surface area contributed by atoms with Gasteiger partial charge < -0.3 is 9.15 Å². The Morgan fingerprint density at radius 2 is 1.97 bits per heavy atom. The molecule has 1 aliphatic heterocycles. The van der Waals surface area contributed by atoms with Gasteiger partial charge in [0.05, 0.1) is 29.0 Å². The molecule has 0 atom stereocenters. The quantitative estimate of drug-likeness (QED) is 0.533. The number of furan rings is 1. The third-order valence-corrected chi connectivity index (χ3v) is 6.37. The summed E-state index contributed by atoms with van der Waals surface area (Å²) in [7, 11) is 0. The maximum Gasteiger partial charge on any atom is 0.263 e. The van der Waals surface area contributed by atoms with Crippen LogP contribution in [0.5, 0.6) is 0 Å². The number of aromatic nitrogens is 1. The molecule has 9 heteroatoms. The minimum absolute atomic E-state index is 0. The van der Waals surface area contributed by atoms with Crippen molar-refractivity contribution < 1.29 is 13.9 Å². The van der Waals surface area contributed by atoms with Crippen LogP contribution in [0.3, 0.4) is 0 Å². The first-order chi connectivity index (χ1) is 13.9. The summed E-state index contributed by atoms with van der Waals surface area (Å²) in [6, 6.07) is 5.61. The van der Waals surface area contributed by atoms with Gasteiger partial charge in [0.2, 0.25) is 0 Å². The highest BCUT2D eigenvalue weighted by atomic mass is 35.5. The van der Waals surface area contributed by atoms with Crippen LogP contribution in [-0.4, -0.2) is 55.2 Å². The van der Waals surface area contributed by atoms with Crippen molar-refractivity contribution in [2.24, 2.45) is 0 Å². The molecule has 1 fully saturated rings. The Morgan fingerprint density at radius 3 is 2.63 bits per heavy atom. The molecule has 30 heavy (non-hydrogen) atoms. The number of morpholine rings is 1. The predicted octanol–water partition coefficient (Wildman–Crippen LogP) is 4.87. The van der Waals surface area contributed by atoms with Gasteiger partial charge in [-0.05, 0) is 44.5 Å². The minimum Gasteiger partial charge on any atom is -0.466 e. The van der Waals surface area contributed by atoms with Crippen LogP contribution in [0.1, 0.15) is 27.4 Å². The van der Waals surface area contributed by atoms with E-state index in [-0.39, 0.29) is 18.3 Å². The van der Waals surface area contributed by atoms with E-state index >= 15 is 0 Å². The topological polar surface area (TPSA) is 58.8 Å². The van der Waals surface area contributed by atoms with Crippen molar-refractivity contribution in [1.29, 1.82) is 0 Å². The van der Waals surface area contributed by atoms with Gasteiger partial charge in [0.15, 0.2) is 5.13 Å². The van der Waals surface area contributed by atoms with Crippen LogP contribution in [0.2, 0.25) is 5.02 Å². The molecule has 3 aromatic rings. The molecule has 4 rings (SSSR count). The van der Waals surface area contributed by atoms with E-state index in [1.807, 2.05) is 32.9 Å². The molecule has 162 valence electrons. The van der Waals surface area contributed by atoms with Gasteiger partial charge in [-0.3, -0.25) is 14.6 Å². The molecule has 1 aliphatic rings. The van der Waals surface area contributed by atoms with E-state index in [4.69, 9.17) is 25.7 Å². The summed E-state index contributed by atoms with van der Waals surface area (Å²) in [4.78, 5) is 22.3. The molecule has 0 N–H and O–H groups in total. The fourth-order valence-electron chi connectivity index (χ4n) is 3.60. The third kappa shape index (κ3) is 4.81. The van der Waals surface area contributed by atoms with Crippen LogP contribution in [0.25, 0.3) is 10.2 Å². The smallest absolute Gasteiger partial charge is 0.263 e. The molecule has 0 saturated carbocycles. The van der Waals surface area contributed by atoms with Gasteiger partial charge in [-0.2, -0.15) is 0 Å². The fourth-order valence-corrected chi connectivity index (χ4v) is 5.04. The largest absolute Gasteiger partial charge is 0.466 e. The molecular formula is C21H25Cl2N3O3S. The number of hydrogen-bond acceptors (Lipinski definition) is 6. The Bertz CT molecular complexity index is 1040. The number of benzene rings is 1. The van der Waals surface area contributed by atoms with Crippen LogP contribution in [0.15, 0.2) is 22.6 Å². The van der Waals surface area contributed by atoms with Crippen molar-refractivity contribution in [2.45, 2.75) is 20.8 Å². The van der Waals surface area contributed by atoms with Crippen molar-refractivity contribution in [2.75, 3.05) is 44.3 Å². The molecule has 0 bridgehead atoms. The molecule has 1 amide bonds. The van der Waals surface area contributed by atoms with Gasteiger partial charge in [0.25, 0.3) is 5.91 Å². The highest BCUT2D eigenvalue weighted by Crippen LogP contribution is 2.34. The van der Waals surface area contributed by atoms with Crippen molar-refractivity contribution in [3.63, 3.8) is 0 Å². The van der Waals surface area contributed by atoms with Crippen LogP contribution >= 0.6 is 35.3 Å². The van der Waals surface area contributed by atoms with Gasteiger partial charge in [0, 0.05) is 31.2 Å². The van der Waals surface area contributed by atoms with E-state index in [1.54, 1.807) is 11.0 Å². The lowest BCUT2D eigenvalue weighted by molar-refractivity contribution is 0.0391. The number of rotatable bonds is 5. The third-order valence-electron chi connectivity index (χ3n) is 5.13. The van der Waals surface area contributed by atoms with Gasteiger partial charge in [-0.25, -0.2) is 4.98 Å². The van der Waals surface area contributed by atoms with Gasteiger partial charge >= 0.3 is 0 Å². The Kier molecular flexibility index (Phi) is 7.42. The predicted molar refractivity (Wildman–Crippen MR) is 124 cm³/mol. The summed E-state index contributed by atoms with van der Waals surface area (Å²) in [5.41, 5.74) is 2.48. The summed E-state index contributed by atoms with van der Waals surface area (Å²) < 4.78 is 12.0. The number of fused-ring (bicyclic) bond motifs is 1. The second-order valence-electron chi connectivity index (χ2n) is 7.30. The number of ether oxygens (including phenoxy) is 1. The van der Waals surface area contributed by atoms with E-state index in [0.29, 0.717) is 28.0 Å². The van der Waals surface area contributed by atoms with Gasteiger partial charge in [-0.15, -0.1) is 12.4 Å². The zero-order chi connectivity index (χ0) is 20.5. The fraction of sp³-hybridized carbons (Fsp3) is 0.429. The van der Waals surface area contributed by atoms with Gasteiger partial charge in [0.1, 0.15) is 11.5 Å². The van der Waals surface area contributed by atoms with E-state index < -0.39 is 0 Å². The highest BCUT2D eigenvalue weighted by Gasteiger charge is 2.26. The number of thiazole rings is 1. The molecule has 0 radical (unpaired) electrons. The van der Waals surface area contributed by atoms with Crippen LogP contribution in [-0.2, 0) is 4.74 Å². The molecule has 1 aromatic carbocycles. The maximum atomic E-state index is 13.4. The number of carbonyl (C=O) groups excluding carboxylic acids is 1. The normalized spacial score (nSPS) is 14.7. The number of anilines is 1. The van der Waals surface area contributed by atoms with Crippen LogP contribution in [0.4, 0.5) is 5.13 Å². The monoisotopic (exact) mass is 469 g/mol. The molecule has 3 heterocycles. The molecule has 0 spiro atoms. The number of halogens is 2. The maximum absolute atomic E-state index is 13.4. The van der Waals surface area contributed by atoms with Gasteiger partial charge in [-0.1, -0.05) is 22.9 Å². The standard InChI is InChI=1S/C21H24ClN3O3S.ClH/c1-13-10-16(22)12-18-19(13)23-21(29-18)25(5-4-24-6-8-27-9-7-24)20(26)17-11-14(2)28-15(17)3;/h10-12H,4-9H2,1-3H3;1H. The number of nitrogens with zero attached hydrogens (tertiary/aromatic N) is 3. The zero-order valence-electron chi connectivity index (χ0n) is 17.2. The van der Waals surface area contributed by atoms with E-state index in [0.717, 1.165) is 54.4 Å². The van der Waals surface area contributed by atoms with E-state index in [9.17, 15) is 4.79 Å². The number of hydrogen-bond donors (Lipinski definition) is 0. The van der Waals surface area contributed by atoms with Crippen molar-refractivity contribution in [3.05, 3.63) is 45.9 Å². The second kappa shape index (κ2) is 9.66. The van der Waals surface area contributed by atoms with Crippen LogP contribution in [0, 0.1) is 20.8 Å². The Balaban J connectivity index is 0.00000256. The summed E-state index contributed by atoms with van der Waals surface area (Å²) in [6.07, 6.45) is 0. The lowest BCUT2D eigenvalue weighted by Gasteiger charge is -2.29. The SMILES string of the molecule is Cc1cc(C(=O)N(CCN2CCOCC2)c2nc3c(C)cc(Cl)cc3s2)c(C)o1.Cl. The average molecular weight is 470 g/mol. The van der Waals surface area contributed by atoms with E-state index in [2.05, 4.69) is 4.90 Å².